The second-order valence-corrected chi connectivity index (χ2v) is 9.89. The van der Waals surface area contributed by atoms with Gasteiger partial charge in [-0.3, -0.25) is 9.44 Å². The molecule has 2 N–H and O–H groups in total. The van der Waals surface area contributed by atoms with Crippen molar-refractivity contribution in [1.82, 2.24) is 0 Å². The Morgan fingerprint density at radius 3 is 1.87 bits per heavy atom. The van der Waals surface area contributed by atoms with E-state index in [1.54, 1.807) is 36.4 Å². The topological polar surface area (TPSA) is 102 Å². The van der Waals surface area contributed by atoms with Crippen LogP contribution in [0.3, 0.4) is 0 Å². The molecule has 30 heavy (non-hydrogen) atoms. The molecule has 0 spiro atoms. The zero-order valence-corrected chi connectivity index (χ0v) is 18.3. The molecule has 7 nitrogen and oxygen atoms in total. The summed E-state index contributed by atoms with van der Waals surface area (Å²) in [6.45, 7) is 2.31. The van der Waals surface area contributed by atoms with Crippen molar-refractivity contribution in [3.05, 3.63) is 77.8 Å². The maximum absolute atomic E-state index is 12.5. The van der Waals surface area contributed by atoms with Crippen LogP contribution >= 0.6 is 11.6 Å². The average Bonchev–Trinajstić information content (AvgIpc) is 2.70. The molecule has 0 amide bonds. The van der Waals surface area contributed by atoms with Gasteiger partial charge in [-0.1, -0.05) is 23.7 Å². The molecule has 10 heteroatoms. The Bertz CT molecular complexity index is 1230. The molecule has 3 aromatic carbocycles. The van der Waals surface area contributed by atoms with Crippen LogP contribution < -0.4 is 14.2 Å². The molecule has 3 aromatic rings. The Kier molecular flexibility index (Phi) is 6.55. The van der Waals surface area contributed by atoms with E-state index in [9.17, 15) is 16.8 Å². The van der Waals surface area contributed by atoms with Crippen LogP contribution in [0.5, 0.6) is 5.75 Å². The van der Waals surface area contributed by atoms with Gasteiger partial charge in [0.25, 0.3) is 20.0 Å². The molecule has 0 aliphatic carbocycles. The third-order valence-electron chi connectivity index (χ3n) is 3.98. The smallest absolute Gasteiger partial charge is 0.261 e. The summed E-state index contributed by atoms with van der Waals surface area (Å²) in [6.07, 6.45) is 0. The minimum absolute atomic E-state index is 0.0357. The summed E-state index contributed by atoms with van der Waals surface area (Å²) >= 11 is 5.99. The van der Waals surface area contributed by atoms with Crippen LogP contribution in [0.15, 0.2) is 82.6 Å². The largest absolute Gasteiger partial charge is 0.494 e. The van der Waals surface area contributed by atoms with Gasteiger partial charge in [0.2, 0.25) is 0 Å². The van der Waals surface area contributed by atoms with Gasteiger partial charge in [-0.05, 0) is 67.6 Å². The van der Waals surface area contributed by atoms with E-state index in [2.05, 4.69) is 9.44 Å². The summed E-state index contributed by atoms with van der Waals surface area (Å²) in [5, 5.41) is 0.265. The minimum atomic E-state index is -3.88. The van der Waals surface area contributed by atoms with Crippen LogP contribution in [0.2, 0.25) is 5.02 Å². The van der Waals surface area contributed by atoms with Crippen molar-refractivity contribution in [1.29, 1.82) is 0 Å². The van der Waals surface area contributed by atoms with Crippen molar-refractivity contribution < 1.29 is 21.6 Å². The quantitative estimate of drug-likeness (QED) is 0.514. The summed E-state index contributed by atoms with van der Waals surface area (Å²) in [6, 6.07) is 17.8. The first-order valence-corrected chi connectivity index (χ1v) is 12.2. The van der Waals surface area contributed by atoms with Crippen molar-refractivity contribution in [2.45, 2.75) is 16.7 Å². The predicted molar refractivity (Wildman–Crippen MR) is 117 cm³/mol. The van der Waals surface area contributed by atoms with Gasteiger partial charge in [-0.25, -0.2) is 16.8 Å². The highest BCUT2D eigenvalue weighted by Gasteiger charge is 2.18. The molecular weight excluding hydrogens is 448 g/mol. The molecule has 158 valence electrons. The van der Waals surface area contributed by atoms with Crippen LogP contribution in [0.1, 0.15) is 6.92 Å². The van der Waals surface area contributed by atoms with E-state index in [1.165, 1.54) is 36.4 Å². The number of benzene rings is 3. The van der Waals surface area contributed by atoms with E-state index < -0.39 is 20.0 Å². The molecule has 0 saturated carbocycles. The second-order valence-electron chi connectivity index (χ2n) is 6.12. The Labute approximate surface area is 180 Å². The van der Waals surface area contributed by atoms with Crippen LogP contribution in [-0.2, 0) is 20.0 Å². The van der Waals surface area contributed by atoms with Gasteiger partial charge in [0.1, 0.15) is 5.75 Å². The van der Waals surface area contributed by atoms with Gasteiger partial charge < -0.3 is 4.74 Å². The molecule has 3 rings (SSSR count). The third-order valence-corrected chi connectivity index (χ3v) is 7.09. The van der Waals surface area contributed by atoms with Gasteiger partial charge >= 0.3 is 0 Å². The van der Waals surface area contributed by atoms with Crippen LogP contribution in [-0.4, -0.2) is 23.4 Å². The van der Waals surface area contributed by atoms with E-state index in [0.717, 1.165) is 0 Å². The number of hydrogen-bond acceptors (Lipinski definition) is 5. The summed E-state index contributed by atoms with van der Waals surface area (Å²) in [4.78, 5) is 0.0227. The molecule has 0 unspecified atom stereocenters. The van der Waals surface area contributed by atoms with E-state index in [0.29, 0.717) is 12.4 Å². The number of nitrogens with one attached hydrogen (secondary N) is 2. The number of rotatable bonds is 8. The predicted octanol–water partition coefficient (Wildman–Crippen LogP) is 4.34. The fraction of sp³-hybridized carbons (Fsp3) is 0.100. The first-order valence-electron chi connectivity index (χ1n) is 8.84. The zero-order valence-electron chi connectivity index (χ0n) is 15.9. The SMILES string of the molecule is CCOc1ccc(S(=O)(=O)Nc2ccc(S(=O)(=O)Nc3ccccc3Cl)cc2)cc1. The standard InChI is InChI=1S/C20H19ClN2O5S2/c1-2-28-16-9-13-18(14-10-16)29(24,25)22-15-7-11-17(12-8-15)30(26,27)23-20-6-4-3-5-19(20)21/h3-14,22-23H,2H2,1H3. The minimum Gasteiger partial charge on any atom is -0.494 e. The number of halogens is 1. The Morgan fingerprint density at radius 1 is 0.767 bits per heavy atom. The Hall–Kier alpha value is -2.75. The first kappa shape index (κ1) is 21.9. The van der Waals surface area contributed by atoms with Crippen LogP contribution in [0.25, 0.3) is 0 Å². The maximum Gasteiger partial charge on any atom is 0.261 e. The molecule has 0 saturated heterocycles. The van der Waals surface area contributed by atoms with Gasteiger partial charge in [0.15, 0.2) is 0 Å². The highest BCUT2D eigenvalue weighted by molar-refractivity contribution is 7.93. The number of para-hydroxylation sites is 1. The maximum atomic E-state index is 12.5. The molecule has 0 atom stereocenters. The third kappa shape index (κ3) is 5.24. The molecule has 0 aliphatic heterocycles. The van der Waals surface area contributed by atoms with Crippen molar-refractivity contribution >= 4 is 43.0 Å². The van der Waals surface area contributed by atoms with Gasteiger partial charge in [-0.2, -0.15) is 0 Å². The lowest BCUT2D eigenvalue weighted by atomic mass is 10.3. The first-order chi connectivity index (χ1) is 14.2. The summed E-state index contributed by atoms with van der Waals surface area (Å²) in [5.74, 6) is 0.567. The summed E-state index contributed by atoms with van der Waals surface area (Å²) < 4.78 is 60.3. The van der Waals surface area contributed by atoms with Crippen molar-refractivity contribution in [2.24, 2.45) is 0 Å². The molecule has 0 fully saturated rings. The molecule has 0 aromatic heterocycles. The molecule has 0 bridgehead atoms. The molecule has 0 aliphatic rings. The monoisotopic (exact) mass is 466 g/mol. The second kappa shape index (κ2) is 8.95. The number of sulfonamides is 2. The van der Waals surface area contributed by atoms with E-state index >= 15 is 0 Å². The summed E-state index contributed by atoms with van der Waals surface area (Å²) in [5.41, 5.74) is 0.472. The Morgan fingerprint density at radius 2 is 1.30 bits per heavy atom. The van der Waals surface area contributed by atoms with E-state index in [1.807, 2.05) is 6.92 Å². The Balaban J connectivity index is 1.75. The molecule has 0 heterocycles. The number of hydrogen-bond donors (Lipinski definition) is 2. The highest BCUT2D eigenvalue weighted by atomic mass is 35.5. The van der Waals surface area contributed by atoms with Gasteiger partial charge in [-0.15, -0.1) is 0 Å². The lowest BCUT2D eigenvalue weighted by molar-refractivity contribution is 0.340. The van der Waals surface area contributed by atoms with Crippen molar-refractivity contribution in [3.8, 4) is 5.75 Å². The van der Waals surface area contributed by atoms with Gasteiger partial charge in [0, 0.05) is 5.69 Å². The highest BCUT2D eigenvalue weighted by Crippen LogP contribution is 2.25. The van der Waals surface area contributed by atoms with Crippen molar-refractivity contribution in [2.75, 3.05) is 16.1 Å². The molecule has 0 radical (unpaired) electrons. The zero-order chi connectivity index (χ0) is 21.8. The van der Waals surface area contributed by atoms with Crippen LogP contribution in [0, 0.1) is 0 Å². The number of ether oxygens (including phenoxy) is 1. The van der Waals surface area contributed by atoms with Crippen molar-refractivity contribution in [3.63, 3.8) is 0 Å². The summed E-state index contributed by atoms with van der Waals surface area (Å²) in [7, 11) is -7.72. The van der Waals surface area contributed by atoms with Gasteiger partial charge in [0.05, 0.1) is 27.1 Å². The van der Waals surface area contributed by atoms with Crippen LogP contribution in [0.4, 0.5) is 11.4 Å². The number of anilines is 2. The lowest BCUT2D eigenvalue weighted by Crippen LogP contribution is -2.14. The fourth-order valence-corrected chi connectivity index (χ4v) is 4.92. The average molecular weight is 467 g/mol. The fourth-order valence-electron chi connectivity index (χ4n) is 2.55. The molecular formula is C20H19ClN2O5S2. The van der Waals surface area contributed by atoms with E-state index in [-0.39, 0.29) is 26.2 Å². The normalized spacial score (nSPS) is 11.7. The van der Waals surface area contributed by atoms with E-state index in [4.69, 9.17) is 16.3 Å². The lowest BCUT2D eigenvalue weighted by Gasteiger charge is -2.11.